The van der Waals surface area contributed by atoms with Crippen LogP contribution in [0.2, 0.25) is 0 Å². The van der Waals surface area contributed by atoms with Crippen molar-refractivity contribution in [2.45, 2.75) is 44.4 Å². The van der Waals surface area contributed by atoms with Gasteiger partial charge < -0.3 is 5.11 Å². The van der Waals surface area contributed by atoms with Gasteiger partial charge in [-0.15, -0.1) is 10.2 Å². The molecular weight excluding hydrogens is 524 g/mol. The van der Waals surface area contributed by atoms with Crippen LogP contribution in [0, 0.1) is 17.0 Å². The van der Waals surface area contributed by atoms with Gasteiger partial charge in [-0.05, 0) is 57.3 Å². The van der Waals surface area contributed by atoms with Crippen molar-refractivity contribution < 1.29 is 18.1 Å². The molecular formula is C27H27F2N7O2S. The van der Waals surface area contributed by atoms with Gasteiger partial charge in [0.15, 0.2) is 5.82 Å². The van der Waals surface area contributed by atoms with E-state index in [1.54, 1.807) is 18.5 Å². The van der Waals surface area contributed by atoms with E-state index in [2.05, 4.69) is 45.0 Å². The van der Waals surface area contributed by atoms with Gasteiger partial charge in [-0.2, -0.15) is 9.78 Å². The SMILES string of the molecule is C=S(C)(=O)CCc1ncn(-c2nccc([C@@]34CC[C@@H](c5cc(-c6c(F)cc(O)cc6F)nnc53)C4(C)C)n2)n1. The van der Waals surface area contributed by atoms with Crippen molar-refractivity contribution in [2.75, 3.05) is 12.0 Å². The second-order valence-corrected chi connectivity index (χ2v) is 13.8. The van der Waals surface area contributed by atoms with Crippen LogP contribution in [0.1, 0.15) is 55.4 Å². The van der Waals surface area contributed by atoms with E-state index in [1.165, 1.54) is 11.0 Å². The summed E-state index contributed by atoms with van der Waals surface area (Å²) in [5, 5.41) is 22.8. The van der Waals surface area contributed by atoms with Crippen LogP contribution in [0.15, 0.2) is 36.8 Å². The molecule has 9 nitrogen and oxygen atoms in total. The molecule has 12 heteroatoms. The van der Waals surface area contributed by atoms with Gasteiger partial charge in [0.05, 0.1) is 28.1 Å². The number of aryl methyl sites for hydroxylation is 1. The lowest BCUT2D eigenvalue weighted by atomic mass is 9.66. The fourth-order valence-electron chi connectivity index (χ4n) is 6.33. The second kappa shape index (κ2) is 8.60. The molecule has 0 radical (unpaired) electrons. The first kappa shape index (κ1) is 25.5. The predicted molar refractivity (Wildman–Crippen MR) is 142 cm³/mol. The standard InChI is InChI=1S/C27H27F2N7O2S/c1-26(2)17-5-8-27(26,24-16(17)13-20(33-34-24)23-18(28)11-15(37)12-19(23)29)21-6-9-30-25(32-21)36-14-31-22(35-36)7-10-39(3,4)38/h6,9,11-14,17,37H,3,5,7-8,10H2,1-2,4H3/t17-,27-,39?/m0/s1. The average molecular weight is 552 g/mol. The first-order valence-electron chi connectivity index (χ1n) is 12.5. The Morgan fingerprint density at radius 3 is 2.64 bits per heavy atom. The number of halogens is 2. The molecule has 0 amide bonds. The van der Waals surface area contributed by atoms with Crippen molar-refractivity contribution in [1.29, 1.82) is 0 Å². The molecule has 0 spiro atoms. The molecule has 0 saturated heterocycles. The molecule has 1 saturated carbocycles. The molecule has 2 aliphatic rings. The number of hydrogen-bond donors (Lipinski definition) is 1. The maximum Gasteiger partial charge on any atom is 0.252 e. The molecule has 2 aliphatic carbocycles. The molecule has 202 valence electrons. The highest BCUT2D eigenvalue weighted by molar-refractivity contribution is 7.99. The zero-order valence-electron chi connectivity index (χ0n) is 21.7. The Morgan fingerprint density at radius 2 is 1.92 bits per heavy atom. The van der Waals surface area contributed by atoms with Gasteiger partial charge in [-0.1, -0.05) is 13.8 Å². The summed E-state index contributed by atoms with van der Waals surface area (Å²) in [5.74, 6) is 2.71. The van der Waals surface area contributed by atoms with Crippen LogP contribution < -0.4 is 0 Å². The van der Waals surface area contributed by atoms with Crippen LogP contribution in [-0.2, 0) is 21.4 Å². The monoisotopic (exact) mass is 551 g/mol. The highest BCUT2D eigenvalue weighted by Gasteiger charge is 2.65. The third kappa shape index (κ3) is 3.91. The maximum absolute atomic E-state index is 14.6. The summed E-state index contributed by atoms with van der Waals surface area (Å²) < 4.78 is 42.7. The Kier molecular flexibility index (Phi) is 5.62. The van der Waals surface area contributed by atoms with E-state index in [0.717, 1.165) is 41.9 Å². The number of phenolic OH excluding ortho intramolecular Hbond substituents is 1. The quantitative estimate of drug-likeness (QED) is 0.361. The lowest BCUT2D eigenvalue weighted by molar-refractivity contribution is 0.242. The summed E-state index contributed by atoms with van der Waals surface area (Å²) in [6.45, 7) is 4.31. The minimum absolute atomic E-state index is 0.0768. The Balaban J connectivity index is 1.41. The normalized spacial score (nSPS) is 22.5. The van der Waals surface area contributed by atoms with E-state index in [-0.39, 0.29) is 22.6 Å². The fourth-order valence-corrected chi connectivity index (χ4v) is 6.94. The number of aromatic hydroxyl groups is 1. The van der Waals surface area contributed by atoms with E-state index in [4.69, 9.17) is 4.98 Å². The smallest absolute Gasteiger partial charge is 0.252 e. The second-order valence-electron chi connectivity index (χ2n) is 11.0. The van der Waals surface area contributed by atoms with Crippen LogP contribution in [0.3, 0.4) is 0 Å². The van der Waals surface area contributed by atoms with Crippen LogP contribution in [-0.4, -0.2) is 62.1 Å². The molecule has 4 aromatic rings. The number of hydrogen-bond acceptors (Lipinski definition) is 8. The van der Waals surface area contributed by atoms with E-state index in [1.807, 2.05) is 6.07 Å². The van der Waals surface area contributed by atoms with E-state index >= 15 is 0 Å². The predicted octanol–water partition coefficient (Wildman–Crippen LogP) is 3.59. The number of phenols is 1. The fraction of sp³-hybridized carbons (Fsp3) is 0.370. The number of fused-ring (bicyclic) bond motifs is 5. The van der Waals surface area contributed by atoms with Gasteiger partial charge in [0.25, 0.3) is 5.95 Å². The van der Waals surface area contributed by atoms with Crippen molar-refractivity contribution in [1.82, 2.24) is 34.9 Å². The first-order chi connectivity index (χ1) is 18.4. The Labute approximate surface area is 224 Å². The van der Waals surface area contributed by atoms with Gasteiger partial charge in [-0.25, -0.2) is 23.7 Å². The molecule has 39 heavy (non-hydrogen) atoms. The van der Waals surface area contributed by atoms with E-state index in [0.29, 0.717) is 23.9 Å². The van der Waals surface area contributed by atoms with Gasteiger partial charge in [0.2, 0.25) is 0 Å². The van der Waals surface area contributed by atoms with E-state index in [9.17, 15) is 18.1 Å². The molecule has 1 N–H and O–H groups in total. The largest absolute Gasteiger partial charge is 0.508 e. The van der Waals surface area contributed by atoms with Crippen LogP contribution in [0.4, 0.5) is 8.78 Å². The van der Waals surface area contributed by atoms with Crippen molar-refractivity contribution in [3.63, 3.8) is 0 Å². The van der Waals surface area contributed by atoms with Crippen LogP contribution >= 0.6 is 0 Å². The molecule has 3 heterocycles. The number of nitrogens with zero attached hydrogens (tertiary/aromatic N) is 7. The minimum Gasteiger partial charge on any atom is -0.508 e. The molecule has 3 atom stereocenters. The summed E-state index contributed by atoms with van der Waals surface area (Å²) >= 11 is 0. The average Bonchev–Trinajstić information content (AvgIpc) is 3.50. The lowest BCUT2D eigenvalue weighted by Gasteiger charge is -2.37. The zero-order chi connectivity index (χ0) is 27.7. The van der Waals surface area contributed by atoms with Crippen molar-refractivity contribution in [3.05, 3.63) is 71.2 Å². The third-order valence-electron chi connectivity index (χ3n) is 8.25. The molecule has 0 aliphatic heterocycles. The Hall–Kier alpha value is -3.80. The molecule has 1 fully saturated rings. The summed E-state index contributed by atoms with van der Waals surface area (Å²) in [6, 6.07) is 5.31. The zero-order valence-corrected chi connectivity index (χ0v) is 22.5. The van der Waals surface area contributed by atoms with Crippen molar-refractivity contribution in [3.8, 4) is 23.0 Å². The summed E-state index contributed by atoms with van der Waals surface area (Å²) in [5.41, 5.74) is 1.25. The van der Waals surface area contributed by atoms with Gasteiger partial charge in [0.1, 0.15) is 23.7 Å². The van der Waals surface area contributed by atoms with Crippen LogP contribution in [0.5, 0.6) is 5.75 Å². The highest BCUT2D eigenvalue weighted by atomic mass is 32.2. The van der Waals surface area contributed by atoms with Crippen LogP contribution in [0.25, 0.3) is 17.2 Å². The van der Waals surface area contributed by atoms with E-state index < -0.39 is 32.3 Å². The van der Waals surface area contributed by atoms with Gasteiger partial charge in [-0.3, -0.25) is 4.21 Å². The Morgan fingerprint density at radius 1 is 1.18 bits per heavy atom. The first-order valence-corrected chi connectivity index (χ1v) is 14.8. The highest BCUT2D eigenvalue weighted by Crippen LogP contribution is 2.69. The number of aromatic nitrogens is 7. The molecule has 1 aromatic carbocycles. The van der Waals surface area contributed by atoms with Crippen molar-refractivity contribution in [2.24, 2.45) is 5.41 Å². The summed E-state index contributed by atoms with van der Waals surface area (Å²) in [6.07, 6.45) is 6.87. The third-order valence-corrected chi connectivity index (χ3v) is 9.31. The molecule has 3 aromatic heterocycles. The number of benzene rings is 1. The topological polar surface area (TPSA) is 120 Å². The summed E-state index contributed by atoms with van der Waals surface area (Å²) in [7, 11) is -2.16. The van der Waals surface area contributed by atoms with Gasteiger partial charge in [0, 0.05) is 36.8 Å². The maximum atomic E-state index is 14.6. The molecule has 2 bridgehead atoms. The Bertz CT molecular complexity index is 1710. The number of rotatable bonds is 6. The summed E-state index contributed by atoms with van der Waals surface area (Å²) in [4.78, 5) is 13.6. The molecule has 6 rings (SSSR count). The van der Waals surface area contributed by atoms with Gasteiger partial charge >= 0.3 is 0 Å². The van der Waals surface area contributed by atoms with Crippen molar-refractivity contribution >= 4 is 15.4 Å². The molecule has 1 unspecified atom stereocenters. The minimum atomic E-state index is -2.16. The lowest BCUT2D eigenvalue weighted by Crippen LogP contribution is -2.38.